The maximum atomic E-state index is 13.8. The van der Waals surface area contributed by atoms with E-state index in [2.05, 4.69) is 18.8 Å². The number of aromatic nitrogens is 3. The van der Waals surface area contributed by atoms with E-state index in [4.69, 9.17) is 14.2 Å². The van der Waals surface area contributed by atoms with Gasteiger partial charge in [-0.15, -0.1) is 0 Å². The van der Waals surface area contributed by atoms with Gasteiger partial charge in [0.05, 0.1) is 31.8 Å². The molecule has 0 saturated carbocycles. The van der Waals surface area contributed by atoms with Crippen LogP contribution in [0.4, 0.5) is 0 Å². The lowest BCUT2D eigenvalue weighted by atomic mass is 9.97. The van der Waals surface area contributed by atoms with Crippen LogP contribution >= 0.6 is 0 Å². The zero-order valence-corrected chi connectivity index (χ0v) is 25.4. The number of nitrogens with zero attached hydrogens (tertiary/aromatic N) is 3. The van der Waals surface area contributed by atoms with Gasteiger partial charge >= 0.3 is 11.7 Å². The lowest BCUT2D eigenvalue weighted by Crippen LogP contribution is -2.24. The summed E-state index contributed by atoms with van der Waals surface area (Å²) in [5.41, 5.74) is 4.54. The summed E-state index contributed by atoms with van der Waals surface area (Å²) in [5, 5.41) is 10.3. The summed E-state index contributed by atoms with van der Waals surface area (Å²) in [4.78, 5) is 30.8. The van der Waals surface area contributed by atoms with Crippen molar-refractivity contribution in [3.8, 4) is 23.1 Å². The molecule has 3 aromatic carbocycles. The Labute approximate surface area is 256 Å². The van der Waals surface area contributed by atoms with Gasteiger partial charge in [-0.2, -0.15) is 0 Å². The number of benzene rings is 3. The van der Waals surface area contributed by atoms with Crippen LogP contribution in [0.3, 0.4) is 0 Å². The van der Waals surface area contributed by atoms with Crippen LogP contribution in [0.25, 0.3) is 16.9 Å². The maximum Gasteiger partial charge on any atom is 0.349 e. The molecule has 0 aliphatic heterocycles. The molecule has 5 aromatic rings. The van der Waals surface area contributed by atoms with Gasteiger partial charge in [0.25, 0.3) is 0 Å². The molecular formula is C35H37N3O6. The van der Waals surface area contributed by atoms with Crippen molar-refractivity contribution < 1.29 is 24.1 Å². The molecule has 0 aliphatic carbocycles. The van der Waals surface area contributed by atoms with Crippen LogP contribution < -0.4 is 19.9 Å². The van der Waals surface area contributed by atoms with E-state index in [0.717, 1.165) is 40.6 Å². The zero-order valence-electron chi connectivity index (χ0n) is 25.4. The highest BCUT2D eigenvalue weighted by molar-refractivity contribution is 5.78. The number of imidazole rings is 1. The van der Waals surface area contributed by atoms with Gasteiger partial charge in [0.15, 0.2) is 0 Å². The van der Waals surface area contributed by atoms with Gasteiger partial charge in [-0.1, -0.05) is 57.0 Å². The highest BCUT2D eigenvalue weighted by Gasteiger charge is 2.27. The van der Waals surface area contributed by atoms with E-state index in [1.54, 1.807) is 33.5 Å². The Morgan fingerprint density at radius 3 is 2.02 bits per heavy atom. The first-order chi connectivity index (χ1) is 21.4. The first kappa shape index (κ1) is 30.4. The molecule has 0 aliphatic rings. The second-order valence-electron chi connectivity index (χ2n) is 10.6. The van der Waals surface area contributed by atoms with E-state index in [1.807, 2.05) is 54.6 Å². The molecule has 2 aromatic heterocycles. The van der Waals surface area contributed by atoms with Crippen LogP contribution in [0.15, 0.2) is 83.8 Å². The van der Waals surface area contributed by atoms with Crippen molar-refractivity contribution in [1.29, 1.82) is 0 Å². The number of hydrogen-bond acceptors (Lipinski definition) is 6. The van der Waals surface area contributed by atoms with Crippen molar-refractivity contribution in [3.63, 3.8) is 0 Å². The van der Waals surface area contributed by atoms with E-state index in [0.29, 0.717) is 48.0 Å². The van der Waals surface area contributed by atoms with E-state index in [9.17, 15) is 14.7 Å². The first-order valence-corrected chi connectivity index (χ1v) is 14.8. The second kappa shape index (κ2) is 13.5. The molecular weight excluding hydrogens is 558 g/mol. The number of aryl methyl sites for hydroxylation is 2. The zero-order chi connectivity index (χ0) is 31.2. The van der Waals surface area contributed by atoms with Gasteiger partial charge in [-0.3, -0.25) is 4.57 Å². The van der Waals surface area contributed by atoms with Crippen molar-refractivity contribution in [3.05, 3.63) is 112 Å². The van der Waals surface area contributed by atoms with Crippen LogP contribution in [0.1, 0.15) is 55.0 Å². The summed E-state index contributed by atoms with van der Waals surface area (Å²) in [7, 11) is 3.04. The monoisotopic (exact) mass is 595 g/mol. The molecule has 44 heavy (non-hydrogen) atoms. The van der Waals surface area contributed by atoms with Crippen LogP contribution in [0.5, 0.6) is 17.2 Å². The van der Waals surface area contributed by atoms with Crippen molar-refractivity contribution in [2.45, 2.75) is 52.2 Å². The normalized spacial score (nSPS) is 11.8. The number of carboxylic acids is 1. The van der Waals surface area contributed by atoms with Crippen molar-refractivity contribution >= 4 is 17.0 Å². The standard InChI is InChI=1S/C35H37N3O6/c1-5-11-24-17-23(22-37-29-13-7-8-14-30(29)38(35(37)41)31-15-9-10-16-36-31)18-25(12-6-2)32(24)44-33(34(39)40)26-19-27(42-3)21-28(20-26)43-4/h7-10,13-21,33H,5-6,11-12,22H2,1-4H3,(H,39,40). The fraction of sp³-hybridized carbons (Fsp3) is 0.286. The fourth-order valence-electron chi connectivity index (χ4n) is 5.59. The molecule has 2 heterocycles. The van der Waals surface area contributed by atoms with E-state index < -0.39 is 12.1 Å². The Bertz CT molecular complexity index is 1780. The first-order valence-electron chi connectivity index (χ1n) is 14.8. The largest absolute Gasteiger partial charge is 0.497 e. The molecule has 0 bridgehead atoms. The minimum atomic E-state index is -1.28. The number of methoxy groups -OCH3 is 2. The molecule has 9 heteroatoms. The third kappa shape index (κ3) is 6.17. The van der Waals surface area contributed by atoms with Gasteiger partial charge in [0, 0.05) is 17.8 Å². The highest BCUT2D eigenvalue weighted by atomic mass is 16.5. The van der Waals surface area contributed by atoms with Crippen LogP contribution in [0.2, 0.25) is 0 Å². The summed E-state index contributed by atoms with van der Waals surface area (Å²) >= 11 is 0. The number of pyridine rings is 1. The number of carbonyl (C=O) groups is 1. The highest BCUT2D eigenvalue weighted by Crippen LogP contribution is 2.35. The number of hydrogen-bond donors (Lipinski definition) is 1. The Morgan fingerprint density at radius 1 is 0.864 bits per heavy atom. The number of carboxylic acid groups (broad SMARTS) is 1. The molecule has 9 nitrogen and oxygen atoms in total. The van der Waals surface area contributed by atoms with Gasteiger partial charge in [-0.25, -0.2) is 19.1 Å². The van der Waals surface area contributed by atoms with Crippen LogP contribution in [-0.4, -0.2) is 39.4 Å². The Hall–Kier alpha value is -5.05. The van der Waals surface area contributed by atoms with Crippen molar-refractivity contribution in [2.75, 3.05) is 14.2 Å². The lowest BCUT2D eigenvalue weighted by molar-refractivity contribution is -0.145. The number of aliphatic carboxylic acids is 1. The molecule has 228 valence electrons. The summed E-state index contributed by atoms with van der Waals surface area (Å²) in [6, 6.07) is 22.2. The predicted octanol–water partition coefficient (Wildman–Crippen LogP) is 6.36. The molecule has 0 spiro atoms. The Kier molecular flexibility index (Phi) is 9.33. The topological polar surface area (TPSA) is 105 Å². The molecule has 0 saturated heterocycles. The van der Waals surface area contributed by atoms with Gasteiger partial charge in [0.2, 0.25) is 6.10 Å². The van der Waals surface area contributed by atoms with Gasteiger partial charge in [0.1, 0.15) is 23.1 Å². The molecule has 1 atom stereocenters. The average Bonchev–Trinajstić information content (AvgIpc) is 3.31. The smallest absolute Gasteiger partial charge is 0.349 e. The molecule has 0 radical (unpaired) electrons. The third-order valence-corrected chi connectivity index (χ3v) is 7.53. The predicted molar refractivity (Wildman–Crippen MR) is 169 cm³/mol. The average molecular weight is 596 g/mol. The Balaban J connectivity index is 1.60. The maximum absolute atomic E-state index is 13.8. The molecule has 1 unspecified atom stereocenters. The summed E-state index contributed by atoms with van der Waals surface area (Å²) in [5.74, 6) is 0.950. The minimum absolute atomic E-state index is 0.183. The molecule has 0 fully saturated rings. The van der Waals surface area contributed by atoms with Crippen LogP contribution in [0, 0.1) is 0 Å². The van der Waals surface area contributed by atoms with Crippen LogP contribution in [-0.2, 0) is 24.2 Å². The molecule has 1 N–H and O–H groups in total. The number of fused-ring (bicyclic) bond motifs is 1. The van der Waals surface area contributed by atoms with E-state index >= 15 is 0 Å². The summed E-state index contributed by atoms with van der Waals surface area (Å²) in [6.45, 7) is 4.48. The van der Waals surface area contributed by atoms with E-state index in [1.165, 1.54) is 14.2 Å². The van der Waals surface area contributed by atoms with E-state index in [-0.39, 0.29) is 5.69 Å². The third-order valence-electron chi connectivity index (χ3n) is 7.53. The van der Waals surface area contributed by atoms with Gasteiger partial charge in [-0.05, 0) is 65.9 Å². The minimum Gasteiger partial charge on any atom is -0.497 e. The Morgan fingerprint density at radius 2 is 1.48 bits per heavy atom. The molecule has 5 rings (SSSR count). The quantitative estimate of drug-likeness (QED) is 0.169. The number of ether oxygens (including phenoxy) is 3. The SMILES string of the molecule is CCCc1cc(Cn2c(=O)n(-c3ccccn3)c3ccccc32)cc(CCC)c1OC(C(=O)O)c1cc(OC)cc(OC)c1. The number of rotatable bonds is 13. The summed E-state index contributed by atoms with van der Waals surface area (Å²) < 4.78 is 20.6. The summed E-state index contributed by atoms with van der Waals surface area (Å²) in [6.07, 6.45) is 3.41. The van der Waals surface area contributed by atoms with Gasteiger partial charge < -0.3 is 19.3 Å². The number of para-hydroxylation sites is 2. The van der Waals surface area contributed by atoms with Crippen molar-refractivity contribution in [2.24, 2.45) is 0 Å². The second-order valence-corrected chi connectivity index (χ2v) is 10.6. The lowest BCUT2D eigenvalue weighted by Gasteiger charge is -2.23. The fourth-order valence-corrected chi connectivity index (χ4v) is 5.59. The molecule has 0 amide bonds. The van der Waals surface area contributed by atoms with Crippen molar-refractivity contribution in [1.82, 2.24) is 14.1 Å².